The first-order chi connectivity index (χ1) is 19.1. The monoisotopic (exact) mass is 605 g/mol. The first-order valence-electron chi connectivity index (χ1n) is 12.6. The third-order valence-corrected chi connectivity index (χ3v) is 8.40. The van der Waals surface area contributed by atoms with Gasteiger partial charge in [-0.1, -0.05) is 0 Å². The summed E-state index contributed by atoms with van der Waals surface area (Å²) in [5, 5.41) is 25.7. The number of halogens is 3. The van der Waals surface area contributed by atoms with Gasteiger partial charge in [-0.15, -0.1) is 5.10 Å². The highest BCUT2D eigenvalue weighted by Crippen LogP contribution is 2.45. The van der Waals surface area contributed by atoms with E-state index in [0.717, 1.165) is 29.3 Å². The average Bonchev–Trinajstić information content (AvgIpc) is 3.63. The summed E-state index contributed by atoms with van der Waals surface area (Å²) in [5.41, 5.74) is -3.55. The van der Waals surface area contributed by atoms with Gasteiger partial charge in [0, 0.05) is 13.1 Å². The molecule has 0 radical (unpaired) electrons. The molecule has 1 atom stereocenters. The van der Waals surface area contributed by atoms with Gasteiger partial charge in [0.05, 0.1) is 37.1 Å². The summed E-state index contributed by atoms with van der Waals surface area (Å²) in [4.78, 5) is 23.3. The molecule has 3 N–H and O–H groups in total. The fourth-order valence-corrected chi connectivity index (χ4v) is 5.82. The number of carboxylic acid groups (broad SMARTS) is 1. The molecule has 0 unspecified atom stereocenters. The van der Waals surface area contributed by atoms with E-state index in [-0.39, 0.29) is 52.9 Å². The number of rotatable bonds is 10. The van der Waals surface area contributed by atoms with Gasteiger partial charge in [0.25, 0.3) is 15.9 Å². The average molecular weight is 606 g/mol. The number of nitrogens with one attached hydrogen (secondary N) is 1. The van der Waals surface area contributed by atoms with Crippen molar-refractivity contribution in [3.63, 3.8) is 0 Å². The highest BCUT2D eigenvalue weighted by Gasteiger charge is 2.54. The summed E-state index contributed by atoms with van der Waals surface area (Å²) in [6.07, 6.45) is -4.98. The van der Waals surface area contributed by atoms with Crippen LogP contribution in [0.4, 0.5) is 29.3 Å². The molecule has 1 saturated carbocycles. The van der Waals surface area contributed by atoms with Gasteiger partial charge in [0.15, 0.2) is 4.90 Å². The van der Waals surface area contributed by atoms with Crippen molar-refractivity contribution < 1.29 is 50.9 Å². The number of aliphatic hydroxyl groups is 1. The number of nitrogens with zero attached hydrogens (tertiary/aromatic N) is 4. The molecule has 1 aliphatic heterocycles. The second kappa shape index (κ2) is 10.9. The number of benzene rings is 1. The maximum Gasteiger partial charge on any atom is 0.412 e. The molecule has 1 fully saturated rings. The fourth-order valence-electron chi connectivity index (χ4n) is 4.25. The van der Waals surface area contributed by atoms with Crippen LogP contribution in [0, 0.1) is 0 Å². The van der Waals surface area contributed by atoms with Crippen LogP contribution in [0.5, 0.6) is 11.6 Å². The van der Waals surface area contributed by atoms with E-state index in [1.165, 1.54) is 23.9 Å². The van der Waals surface area contributed by atoms with Crippen LogP contribution in [0.2, 0.25) is 0 Å². The van der Waals surface area contributed by atoms with E-state index in [9.17, 15) is 41.4 Å². The Hall–Kier alpha value is -3.73. The van der Waals surface area contributed by atoms with Gasteiger partial charge in [-0.05, 0) is 44.9 Å². The van der Waals surface area contributed by atoms with Gasteiger partial charge >= 0.3 is 12.3 Å². The number of aliphatic hydroxyl groups excluding tert-OH is 1. The highest BCUT2D eigenvalue weighted by molar-refractivity contribution is 7.93. The summed E-state index contributed by atoms with van der Waals surface area (Å²) < 4.78 is 83.4. The van der Waals surface area contributed by atoms with E-state index in [1.807, 2.05) is 0 Å². The second-order valence-electron chi connectivity index (χ2n) is 10.1. The van der Waals surface area contributed by atoms with Gasteiger partial charge in [0.1, 0.15) is 24.0 Å². The van der Waals surface area contributed by atoms with E-state index in [0.29, 0.717) is 13.8 Å². The molecule has 0 saturated heterocycles. The van der Waals surface area contributed by atoms with E-state index >= 15 is 0 Å². The Morgan fingerprint density at radius 2 is 1.95 bits per heavy atom. The molecule has 0 bridgehead atoms. The molecule has 2 aromatic rings. The molecule has 1 aromatic carbocycles. The largest absolute Gasteiger partial charge is 0.484 e. The maximum absolute atomic E-state index is 14.1. The molecular formula is C24H30F3N5O8S. The molecule has 2 aliphatic rings. The molecular weight excluding hydrogens is 575 g/mol. The number of fused-ring (bicyclic) bond motifs is 1. The molecule has 13 nitrogen and oxygen atoms in total. The Labute approximate surface area is 233 Å². The van der Waals surface area contributed by atoms with Crippen molar-refractivity contribution in [2.75, 3.05) is 35.5 Å². The van der Waals surface area contributed by atoms with E-state index in [4.69, 9.17) is 9.47 Å². The van der Waals surface area contributed by atoms with Crippen molar-refractivity contribution in [1.82, 2.24) is 15.1 Å². The van der Waals surface area contributed by atoms with Crippen molar-refractivity contribution >= 4 is 33.4 Å². The Kier molecular flexibility index (Phi) is 8.05. The zero-order chi connectivity index (χ0) is 30.3. The van der Waals surface area contributed by atoms with Gasteiger partial charge in [-0.25, -0.2) is 13.2 Å². The van der Waals surface area contributed by atoms with Gasteiger partial charge in [0.2, 0.25) is 5.91 Å². The Morgan fingerprint density at radius 1 is 1.27 bits per heavy atom. The van der Waals surface area contributed by atoms with Crippen LogP contribution < -0.4 is 24.0 Å². The fraction of sp³-hybridized carbons (Fsp3) is 0.542. The number of ether oxygens (including phenoxy) is 2. The minimum Gasteiger partial charge on any atom is -0.484 e. The van der Waals surface area contributed by atoms with Crippen molar-refractivity contribution in [2.24, 2.45) is 0 Å². The second-order valence-corrected chi connectivity index (χ2v) is 12.0. The number of alkyl halides is 3. The number of carbonyl (C=O) groups is 2. The maximum atomic E-state index is 14.1. The predicted molar refractivity (Wildman–Crippen MR) is 138 cm³/mol. The van der Waals surface area contributed by atoms with Crippen LogP contribution in [0.1, 0.15) is 39.7 Å². The third kappa shape index (κ3) is 6.00. The van der Waals surface area contributed by atoms with E-state index in [1.54, 1.807) is 0 Å². The first kappa shape index (κ1) is 30.2. The molecule has 17 heteroatoms. The number of anilines is 2. The molecule has 4 rings (SSSR count). The zero-order valence-corrected chi connectivity index (χ0v) is 23.2. The van der Waals surface area contributed by atoms with Crippen molar-refractivity contribution in [3.8, 4) is 11.6 Å². The van der Waals surface area contributed by atoms with Crippen LogP contribution in [0.3, 0.4) is 0 Å². The van der Waals surface area contributed by atoms with Gasteiger partial charge in [-0.2, -0.15) is 13.2 Å². The summed E-state index contributed by atoms with van der Waals surface area (Å²) in [7, 11) is -4.56. The van der Waals surface area contributed by atoms with Crippen LogP contribution in [-0.4, -0.2) is 84.5 Å². The van der Waals surface area contributed by atoms with Gasteiger partial charge in [-0.3, -0.25) is 18.7 Å². The normalized spacial score (nSPS) is 17.4. The highest BCUT2D eigenvalue weighted by atomic mass is 32.2. The molecule has 226 valence electrons. The summed E-state index contributed by atoms with van der Waals surface area (Å²) in [6, 6.07) is 3.20. The number of aromatic nitrogens is 2. The van der Waals surface area contributed by atoms with Crippen molar-refractivity contribution in [1.29, 1.82) is 0 Å². The quantitative estimate of drug-likeness (QED) is 0.369. The van der Waals surface area contributed by atoms with Crippen LogP contribution >= 0.6 is 0 Å². The Morgan fingerprint density at radius 3 is 2.51 bits per heavy atom. The van der Waals surface area contributed by atoms with Crippen LogP contribution in [0.15, 0.2) is 29.3 Å². The Bertz CT molecular complexity index is 1420. The standard InChI is InChI=1S/C24H30F3N5O8S/c1-14(34)28-11-17-12-31(41(37,38)20-13-30(15-4-5-15)29-21(20)39-9-8-33)18-10-16(6-7-19(18)40-17)32(22(35)36)23(2,3)24(25,26)27/h6-7,10,13,15,17,33H,4-5,8-9,11-12H2,1-3H3,(H,28,34)(H,35,36)/t17-/m0/s1. The lowest BCUT2D eigenvalue weighted by Gasteiger charge is -2.39. The third-order valence-electron chi connectivity index (χ3n) is 6.64. The Balaban J connectivity index is 1.84. The minimum absolute atomic E-state index is 0.0414. The molecule has 0 spiro atoms. The lowest BCUT2D eigenvalue weighted by Crippen LogP contribution is -2.57. The van der Waals surface area contributed by atoms with E-state index in [2.05, 4.69) is 10.4 Å². The molecule has 1 aliphatic carbocycles. The lowest BCUT2D eigenvalue weighted by molar-refractivity contribution is -0.175. The molecule has 2 amide bonds. The predicted octanol–water partition coefficient (Wildman–Crippen LogP) is 2.51. The molecule has 1 aromatic heterocycles. The minimum atomic E-state index is -4.97. The van der Waals surface area contributed by atoms with Gasteiger partial charge < -0.3 is 25.0 Å². The number of carbonyl (C=O) groups excluding carboxylic acids is 1. The number of sulfonamides is 1. The van der Waals surface area contributed by atoms with E-state index < -0.39 is 52.1 Å². The number of hydrogen-bond donors (Lipinski definition) is 3. The molecule has 2 heterocycles. The summed E-state index contributed by atoms with van der Waals surface area (Å²) in [6.45, 7) is 1.48. The SMILES string of the molecule is CC(=O)NC[C@H]1CN(S(=O)(=O)c2cn(C3CC3)nc2OCCO)c2cc(N(C(=O)O)C(C)(C)C(F)(F)F)ccc2O1. The first-order valence-corrected chi connectivity index (χ1v) is 14.0. The topological polar surface area (TPSA) is 164 Å². The lowest BCUT2D eigenvalue weighted by atomic mass is 10.0. The van der Waals surface area contributed by atoms with Crippen LogP contribution in [0.25, 0.3) is 0 Å². The van der Waals surface area contributed by atoms with Crippen LogP contribution in [-0.2, 0) is 14.8 Å². The zero-order valence-electron chi connectivity index (χ0n) is 22.4. The molecule has 41 heavy (non-hydrogen) atoms. The van der Waals surface area contributed by atoms with Crippen molar-refractivity contribution in [2.45, 2.75) is 62.4 Å². The smallest absolute Gasteiger partial charge is 0.412 e. The number of amides is 2. The number of hydrogen-bond acceptors (Lipinski definition) is 8. The summed E-state index contributed by atoms with van der Waals surface area (Å²) in [5.74, 6) is -0.749. The van der Waals surface area contributed by atoms with Crippen molar-refractivity contribution in [3.05, 3.63) is 24.4 Å². The summed E-state index contributed by atoms with van der Waals surface area (Å²) >= 11 is 0.